The van der Waals surface area contributed by atoms with Crippen molar-refractivity contribution in [3.05, 3.63) is 64.2 Å². The van der Waals surface area contributed by atoms with Crippen LogP contribution in [0.2, 0.25) is 0 Å². The number of benzene rings is 1. The minimum Gasteiger partial charge on any atom is -0.332 e. The lowest BCUT2D eigenvalue weighted by atomic mass is 10.0. The standard InChI is InChI=1S/C20H19N5O2S/c26-18(13-25-20(27)24-12-6-4-10-17(24)22-25)23-11-5-3-8-15(23)19-21-14-7-1-2-9-16(14)28-19/h1-2,4,6-7,9-10,12,15H,3,5,8,11,13H2. The molecule has 1 aliphatic heterocycles. The van der Waals surface area contributed by atoms with E-state index in [0.717, 1.165) is 34.5 Å². The van der Waals surface area contributed by atoms with Gasteiger partial charge in [0, 0.05) is 12.7 Å². The Morgan fingerprint density at radius 2 is 2.00 bits per heavy atom. The highest BCUT2D eigenvalue weighted by Crippen LogP contribution is 2.35. The van der Waals surface area contributed by atoms with Gasteiger partial charge in [-0.1, -0.05) is 18.2 Å². The van der Waals surface area contributed by atoms with Crippen LogP contribution in [0.5, 0.6) is 0 Å². The van der Waals surface area contributed by atoms with Crippen molar-refractivity contribution in [1.29, 1.82) is 0 Å². The minimum atomic E-state index is -0.294. The molecule has 0 N–H and O–H groups in total. The molecule has 1 fully saturated rings. The Labute approximate surface area is 164 Å². The van der Waals surface area contributed by atoms with Crippen molar-refractivity contribution in [1.82, 2.24) is 24.1 Å². The second-order valence-electron chi connectivity index (χ2n) is 6.99. The second-order valence-corrected chi connectivity index (χ2v) is 8.05. The maximum Gasteiger partial charge on any atom is 0.350 e. The molecule has 142 valence electrons. The van der Waals surface area contributed by atoms with Gasteiger partial charge in [-0.2, -0.15) is 0 Å². The maximum absolute atomic E-state index is 13.1. The Morgan fingerprint density at radius 1 is 1.14 bits per heavy atom. The van der Waals surface area contributed by atoms with E-state index in [4.69, 9.17) is 4.98 Å². The predicted octanol–water partition coefficient (Wildman–Crippen LogP) is 2.86. The SMILES string of the molecule is O=C(Cn1nc2ccccn2c1=O)N1CCCCC1c1nc2ccccc2s1. The summed E-state index contributed by atoms with van der Waals surface area (Å²) in [6.45, 7) is 0.628. The molecule has 0 spiro atoms. The minimum absolute atomic E-state index is 0.0358. The number of hydrogen-bond acceptors (Lipinski definition) is 5. The van der Waals surface area contributed by atoms with Crippen molar-refractivity contribution in [3.8, 4) is 0 Å². The van der Waals surface area contributed by atoms with E-state index in [-0.39, 0.29) is 24.2 Å². The fraction of sp³-hybridized carbons (Fsp3) is 0.300. The summed E-state index contributed by atoms with van der Waals surface area (Å²) in [6.07, 6.45) is 4.59. The Morgan fingerprint density at radius 3 is 2.86 bits per heavy atom. The van der Waals surface area contributed by atoms with Crippen LogP contribution < -0.4 is 5.69 Å². The number of fused-ring (bicyclic) bond motifs is 2. The number of thiazole rings is 1. The van der Waals surface area contributed by atoms with Gasteiger partial charge in [0.2, 0.25) is 5.91 Å². The number of pyridine rings is 1. The normalized spacial score (nSPS) is 17.4. The van der Waals surface area contributed by atoms with E-state index in [9.17, 15) is 9.59 Å². The third-order valence-corrected chi connectivity index (χ3v) is 6.33. The van der Waals surface area contributed by atoms with Crippen molar-refractivity contribution >= 4 is 33.1 Å². The van der Waals surface area contributed by atoms with Gasteiger partial charge in [-0.05, 0) is 43.5 Å². The van der Waals surface area contributed by atoms with Crippen LogP contribution in [0.4, 0.5) is 0 Å². The summed E-state index contributed by atoms with van der Waals surface area (Å²) in [5, 5.41) is 5.26. The molecule has 0 bridgehead atoms. The molecule has 1 atom stereocenters. The highest BCUT2D eigenvalue weighted by atomic mass is 32.1. The molecule has 1 aliphatic rings. The van der Waals surface area contributed by atoms with Gasteiger partial charge in [0.1, 0.15) is 11.6 Å². The van der Waals surface area contributed by atoms with E-state index >= 15 is 0 Å². The van der Waals surface area contributed by atoms with Gasteiger partial charge in [-0.3, -0.25) is 9.20 Å². The maximum atomic E-state index is 13.1. The predicted molar refractivity (Wildman–Crippen MR) is 107 cm³/mol. The average Bonchev–Trinajstić information content (AvgIpc) is 3.30. The van der Waals surface area contributed by atoms with Crippen molar-refractivity contribution in [3.63, 3.8) is 0 Å². The molecule has 4 aromatic rings. The Balaban J connectivity index is 1.44. The second kappa shape index (κ2) is 6.87. The number of rotatable bonds is 3. The zero-order valence-corrected chi connectivity index (χ0v) is 16.0. The first-order valence-corrected chi connectivity index (χ1v) is 10.2. The molecule has 4 heterocycles. The van der Waals surface area contributed by atoms with Crippen LogP contribution in [-0.4, -0.2) is 36.5 Å². The highest BCUT2D eigenvalue weighted by molar-refractivity contribution is 7.18. The number of likely N-dealkylation sites (tertiary alicyclic amines) is 1. The first-order chi connectivity index (χ1) is 13.7. The number of hydrogen-bond donors (Lipinski definition) is 0. The lowest BCUT2D eigenvalue weighted by Gasteiger charge is -2.34. The summed E-state index contributed by atoms with van der Waals surface area (Å²) in [5.74, 6) is -0.0885. The molecule has 7 nitrogen and oxygen atoms in total. The number of aromatic nitrogens is 4. The van der Waals surface area contributed by atoms with E-state index in [2.05, 4.69) is 11.2 Å². The molecule has 8 heteroatoms. The van der Waals surface area contributed by atoms with Crippen LogP contribution in [0.3, 0.4) is 0 Å². The third kappa shape index (κ3) is 2.90. The van der Waals surface area contributed by atoms with E-state index in [1.807, 2.05) is 29.2 Å². The lowest BCUT2D eigenvalue weighted by molar-refractivity contribution is -0.136. The van der Waals surface area contributed by atoms with Crippen LogP contribution in [0, 0.1) is 0 Å². The Kier molecular flexibility index (Phi) is 4.20. The van der Waals surface area contributed by atoms with Gasteiger partial charge in [-0.15, -0.1) is 16.4 Å². The number of nitrogens with zero attached hydrogens (tertiary/aromatic N) is 5. The molecule has 28 heavy (non-hydrogen) atoms. The fourth-order valence-electron chi connectivity index (χ4n) is 3.81. The molecular formula is C20H19N5O2S. The zero-order valence-electron chi connectivity index (χ0n) is 15.2. The van der Waals surface area contributed by atoms with Gasteiger partial charge in [-0.25, -0.2) is 14.5 Å². The van der Waals surface area contributed by atoms with Crippen molar-refractivity contribution in [2.24, 2.45) is 0 Å². The summed E-state index contributed by atoms with van der Waals surface area (Å²) in [6, 6.07) is 13.4. The molecule has 1 saturated heterocycles. The van der Waals surface area contributed by atoms with E-state index in [1.165, 1.54) is 9.08 Å². The number of piperidine rings is 1. The van der Waals surface area contributed by atoms with Gasteiger partial charge in [0.05, 0.1) is 16.3 Å². The molecule has 1 unspecified atom stereocenters. The quantitative estimate of drug-likeness (QED) is 0.537. The highest BCUT2D eigenvalue weighted by Gasteiger charge is 2.30. The molecule has 1 aromatic carbocycles. The summed E-state index contributed by atoms with van der Waals surface area (Å²) in [7, 11) is 0. The van der Waals surface area contributed by atoms with Gasteiger partial charge in [0.25, 0.3) is 0 Å². The van der Waals surface area contributed by atoms with Gasteiger partial charge >= 0.3 is 5.69 Å². The molecule has 1 amide bonds. The van der Waals surface area contributed by atoms with Gasteiger partial charge in [0.15, 0.2) is 5.65 Å². The van der Waals surface area contributed by atoms with Crippen LogP contribution in [0.25, 0.3) is 15.9 Å². The molecular weight excluding hydrogens is 374 g/mol. The van der Waals surface area contributed by atoms with Crippen LogP contribution >= 0.6 is 11.3 Å². The first kappa shape index (κ1) is 17.1. The molecule has 5 rings (SSSR count). The molecule has 0 aliphatic carbocycles. The van der Waals surface area contributed by atoms with Gasteiger partial charge < -0.3 is 4.90 Å². The van der Waals surface area contributed by atoms with Crippen molar-refractivity contribution in [2.45, 2.75) is 31.8 Å². The van der Waals surface area contributed by atoms with Crippen LogP contribution in [0.1, 0.15) is 30.3 Å². The summed E-state index contributed by atoms with van der Waals surface area (Å²) in [4.78, 5) is 32.2. The Bertz CT molecular complexity index is 1190. The smallest absolute Gasteiger partial charge is 0.332 e. The molecule has 0 saturated carbocycles. The summed E-state index contributed by atoms with van der Waals surface area (Å²) >= 11 is 1.64. The number of amides is 1. The third-order valence-electron chi connectivity index (χ3n) is 5.19. The fourth-order valence-corrected chi connectivity index (χ4v) is 4.92. The summed E-state index contributed by atoms with van der Waals surface area (Å²) < 4.78 is 3.84. The first-order valence-electron chi connectivity index (χ1n) is 9.40. The molecule has 0 radical (unpaired) electrons. The largest absolute Gasteiger partial charge is 0.350 e. The zero-order chi connectivity index (χ0) is 19.1. The monoisotopic (exact) mass is 393 g/mol. The Hall–Kier alpha value is -3.00. The lowest BCUT2D eigenvalue weighted by Crippen LogP contribution is -2.41. The van der Waals surface area contributed by atoms with E-state index in [0.29, 0.717) is 12.2 Å². The number of para-hydroxylation sites is 1. The van der Waals surface area contributed by atoms with Crippen LogP contribution in [0.15, 0.2) is 53.5 Å². The van der Waals surface area contributed by atoms with Crippen molar-refractivity contribution in [2.75, 3.05) is 6.54 Å². The molecule has 3 aromatic heterocycles. The van der Waals surface area contributed by atoms with E-state index in [1.54, 1.807) is 29.7 Å². The number of carbonyl (C=O) groups excluding carboxylic acids is 1. The topological polar surface area (TPSA) is 72.5 Å². The van der Waals surface area contributed by atoms with Crippen molar-refractivity contribution < 1.29 is 4.79 Å². The summed E-state index contributed by atoms with van der Waals surface area (Å²) in [5.41, 5.74) is 1.22. The van der Waals surface area contributed by atoms with Crippen LogP contribution in [-0.2, 0) is 11.3 Å². The average molecular weight is 393 g/mol. The van der Waals surface area contributed by atoms with E-state index < -0.39 is 0 Å². The number of carbonyl (C=O) groups is 1.